The maximum absolute atomic E-state index is 3.64. The third-order valence-corrected chi connectivity index (χ3v) is 0.500. The SMILES string of the molecule is [B].[CH2-]CCC[CH2-].[Y]. The summed E-state index contributed by atoms with van der Waals surface area (Å²) >= 11 is 0. The number of hydrogen-bond acceptors (Lipinski definition) is 0. The molecule has 0 saturated heterocycles. The van der Waals surface area contributed by atoms with E-state index >= 15 is 0 Å². The van der Waals surface area contributed by atoms with Crippen molar-refractivity contribution in [2.24, 2.45) is 0 Å². The van der Waals surface area contributed by atoms with Crippen molar-refractivity contribution in [3.05, 3.63) is 13.8 Å². The van der Waals surface area contributed by atoms with Gasteiger partial charge in [0.2, 0.25) is 0 Å². The van der Waals surface area contributed by atoms with E-state index in [1.807, 2.05) is 0 Å². The van der Waals surface area contributed by atoms with Crippen molar-refractivity contribution in [3.8, 4) is 0 Å². The molecular weight excluding hydrogens is 160 g/mol. The minimum atomic E-state index is 0. The van der Waals surface area contributed by atoms with Crippen LogP contribution < -0.4 is 0 Å². The van der Waals surface area contributed by atoms with Gasteiger partial charge in [-0.05, 0) is 0 Å². The normalized spacial score (nSPS) is 6.00. The largest absolute Gasteiger partial charge is 0.343 e. The number of hydrogen-bond donors (Lipinski definition) is 0. The zero-order valence-corrected chi connectivity index (χ0v) is 7.53. The second-order valence-corrected chi connectivity index (χ2v) is 1.06. The summed E-state index contributed by atoms with van der Waals surface area (Å²) in [5.74, 6) is 0. The van der Waals surface area contributed by atoms with E-state index < -0.39 is 0 Å². The Hall–Kier alpha value is 1.17. The van der Waals surface area contributed by atoms with E-state index in [9.17, 15) is 0 Å². The van der Waals surface area contributed by atoms with Crippen LogP contribution in [0.15, 0.2) is 0 Å². The minimum absolute atomic E-state index is 0. The van der Waals surface area contributed by atoms with Crippen LogP contribution in [0.5, 0.6) is 0 Å². The van der Waals surface area contributed by atoms with Crippen molar-refractivity contribution in [1.82, 2.24) is 0 Å². The molecule has 0 atom stereocenters. The molecule has 0 nitrogen and oxygen atoms in total. The Morgan fingerprint density at radius 3 is 1.29 bits per heavy atom. The molecule has 0 aliphatic rings. The summed E-state index contributed by atoms with van der Waals surface area (Å²) in [4.78, 5) is 0. The average molecular weight is 170 g/mol. The van der Waals surface area contributed by atoms with Crippen molar-refractivity contribution in [3.63, 3.8) is 0 Å². The molecule has 0 fully saturated rings. The summed E-state index contributed by atoms with van der Waals surface area (Å²) in [6.07, 6.45) is 3.23. The Bertz CT molecular complexity index is 15.6. The van der Waals surface area contributed by atoms with Crippen molar-refractivity contribution in [2.45, 2.75) is 19.3 Å². The summed E-state index contributed by atoms with van der Waals surface area (Å²) in [5, 5.41) is 0. The first-order chi connectivity index (χ1) is 2.41. The van der Waals surface area contributed by atoms with E-state index in [2.05, 4.69) is 13.8 Å². The average Bonchev–Trinajstić information content (AvgIpc) is 1.41. The van der Waals surface area contributed by atoms with E-state index in [0.29, 0.717) is 0 Å². The van der Waals surface area contributed by atoms with Crippen LogP contribution in [0.25, 0.3) is 0 Å². The molecule has 38 valence electrons. The molecule has 4 radical (unpaired) electrons. The van der Waals surface area contributed by atoms with Gasteiger partial charge in [-0.15, -0.1) is 6.42 Å². The molecule has 0 amide bonds. The van der Waals surface area contributed by atoms with Crippen molar-refractivity contribution in [1.29, 1.82) is 0 Å². The Kier molecular flexibility index (Phi) is 35.2. The second kappa shape index (κ2) is 15.7. The molecule has 0 spiro atoms. The molecule has 0 heterocycles. The summed E-state index contributed by atoms with van der Waals surface area (Å²) in [7, 11) is 0. The van der Waals surface area contributed by atoms with E-state index in [1.54, 1.807) is 0 Å². The first kappa shape index (κ1) is 15.7. The van der Waals surface area contributed by atoms with Gasteiger partial charge in [0.25, 0.3) is 0 Å². The first-order valence-electron chi connectivity index (χ1n) is 2.00. The fourth-order valence-electron chi connectivity index (χ4n) is 0.177. The molecule has 0 N–H and O–H groups in total. The van der Waals surface area contributed by atoms with E-state index in [-0.39, 0.29) is 41.1 Å². The van der Waals surface area contributed by atoms with Crippen LogP contribution in [0.4, 0.5) is 0 Å². The van der Waals surface area contributed by atoms with E-state index in [1.165, 1.54) is 6.42 Å². The maximum Gasteiger partial charge on any atom is 0 e. The quantitative estimate of drug-likeness (QED) is 0.434. The Morgan fingerprint density at radius 2 is 1.29 bits per heavy atom. The maximum atomic E-state index is 3.64. The summed E-state index contributed by atoms with van der Waals surface area (Å²) in [6.45, 7) is 7.27. The van der Waals surface area contributed by atoms with Crippen LogP contribution >= 0.6 is 0 Å². The van der Waals surface area contributed by atoms with Crippen molar-refractivity contribution >= 4 is 8.41 Å². The third-order valence-electron chi connectivity index (χ3n) is 0.500. The molecule has 0 unspecified atom stereocenters. The minimum Gasteiger partial charge on any atom is -0.343 e. The molecule has 7 heavy (non-hydrogen) atoms. The van der Waals surface area contributed by atoms with Gasteiger partial charge in [0.15, 0.2) is 0 Å². The Labute approximate surface area is 73.9 Å². The van der Waals surface area contributed by atoms with Gasteiger partial charge in [0.1, 0.15) is 0 Å². The molecule has 0 bridgehead atoms. The molecule has 0 aromatic carbocycles. The van der Waals surface area contributed by atoms with Gasteiger partial charge in [-0.25, -0.2) is 0 Å². The van der Waals surface area contributed by atoms with Crippen LogP contribution in [0, 0.1) is 13.8 Å². The number of rotatable bonds is 2. The van der Waals surface area contributed by atoms with Gasteiger partial charge < -0.3 is 13.8 Å². The predicted octanol–water partition coefficient (Wildman–Crippen LogP) is 1.44. The summed E-state index contributed by atoms with van der Waals surface area (Å²) < 4.78 is 0. The molecule has 0 aliphatic carbocycles. The molecule has 0 rings (SSSR count). The molecule has 0 aliphatic heterocycles. The monoisotopic (exact) mass is 170 g/mol. The third kappa shape index (κ3) is 19.1. The fraction of sp³-hybridized carbons (Fsp3) is 0.600. The van der Waals surface area contributed by atoms with Crippen molar-refractivity contribution in [2.75, 3.05) is 0 Å². The van der Waals surface area contributed by atoms with E-state index in [4.69, 9.17) is 0 Å². The van der Waals surface area contributed by atoms with Crippen LogP contribution in [0.1, 0.15) is 19.3 Å². The molecule has 2 heteroatoms. The standard InChI is InChI=1S/C5H10.B.Y/c1-3-5-4-2;;/h1-5H2;;/q-2;;. The van der Waals surface area contributed by atoms with Gasteiger partial charge in [0.05, 0.1) is 0 Å². The number of unbranched alkanes of at least 4 members (excludes halogenated alkanes) is 2. The topological polar surface area (TPSA) is 0 Å². The van der Waals surface area contributed by atoms with Crippen LogP contribution in [-0.4, -0.2) is 8.41 Å². The van der Waals surface area contributed by atoms with Gasteiger partial charge in [-0.1, -0.05) is 0 Å². The van der Waals surface area contributed by atoms with Crippen molar-refractivity contribution < 1.29 is 32.7 Å². The molecule has 0 aromatic heterocycles. The Morgan fingerprint density at radius 1 is 1.00 bits per heavy atom. The fourth-order valence-corrected chi connectivity index (χ4v) is 0.177. The first-order valence-corrected chi connectivity index (χ1v) is 2.00. The smallest absolute Gasteiger partial charge is 0 e. The second-order valence-electron chi connectivity index (χ2n) is 1.06. The summed E-state index contributed by atoms with van der Waals surface area (Å²) in [6, 6.07) is 0. The van der Waals surface area contributed by atoms with Gasteiger partial charge >= 0.3 is 0 Å². The van der Waals surface area contributed by atoms with Gasteiger partial charge in [-0.3, -0.25) is 0 Å². The van der Waals surface area contributed by atoms with Crippen LogP contribution in [0.2, 0.25) is 0 Å². The summed E-state index contributed by atoms with van der Waals surface area (Å²) in [5.41, 5.74) is 0. The zero-order valence-electron chi connectivity index (χ0n) is 4.69. The van der Waals surface area contributed by atoms with Crippen LogP contribution in [0.3, 0.4) is 0 Å². The molecular formula is C5H10BY-2. The van der Waals surface area contributed by atoms with Gasteiger partial charge in [-0.2, -0.15) is 12.8 Å². The predicted molar refractivity (Wildman–Crippen MR) is 30.3 cm³/mol. The van der Waals surface area contributed by atoms with Gasteiger partial charge in [0, 0.05) is 41.1 Å². The van der Waals surface area contributed by atoms with E-state index in [0.717, 1.165) is 12.8 Å². The molecule has 0 saturated carbocycles. The Balaban J connectivity index is -0.0000000800. The van der Waals surface area contributed by atoms with Crippen LogP contribution in [-0.2, 0) is 32.7 Å². The zero-order chi connectivity index (χ0) is 4.12. The molecule has 0 aromatic rings.